The maximum absolute atomic E-state index is 4.99. The Labute approximate surface area is 79.2 Å². The van der Waals surface area contributed by atoms with Gasteiger partial charge in [-0.15, -0.1) is 0 Å². The first kappa shape index (κ1) is 9.78. The number of unbranched alkanes of at least 4 members (excludes halogenated alkanes) is 1. The predicted molar refractivity (Wildman–Crippen MR) is 53.8 cm³/mol. The molecule has 0 amide bonds. The van der Waals surface area contributed by atoms with Crippen LogP contribution in [0.25, 0.3) is 0 Å². The Morgan fingerprint density at radius 2 is 2.08 bits per heavy atom. The van der Waals surface area contributed by atoms with Crippen LogP contribution in [0.1, 0.15) is 25.3 Å². The summed E-state index contributed by atoms with van der Waals surface area (Å²) < 4.78 is 0. The maximum atomic E-state index is 4.99. The van der Waals surface area contributed by atoms with Gasteiger partial charge in [-0.3, -0.25) is 0 Å². The van der Waals surface area contributed by atoms with E-state index in [1.807, 2.05) is 30.3 Å². The Kier molecular flexibility index (Phi) is 4.69. The van der Waals surface area contributed by atoms with E-state index in [0.29, 0.717) is 6.61 Å². The van der Waals surface area contributed by atoms with E-state index >= 15 is 0 Å². The van der Waals surface area contributed by atoms with Crippen LogP contribution in [0.2, 0.25) is 0 Å². The molecule has 0 heterocycles. The highest BCUT2D eigenvalue weighted by Crippen LogP contribution is 1.94. The molecule has 1 aromatic carbocycles. The summed E-state index contributed by atoms with van der Waals surface area (Å²) in [5.41, 5.74) is 0.944. The molecule has 1 rings (SSSR count). The summed E-state index contributed by atoms with van der Waals surface area (Å²) in [5.74, 6) is 0. The lowest BCUT2D eigenvalue weighted by molar-refractivity contribution is 0.143. The van der Waals surface area contributed by atoms with Gasteiger partial charge in [-0.25, -0.2) is 0 Å². The molecule has 0 saturated heterocycles. The standard InChI is InChI=1S/C11H14NO/c1-2-3-9-13-12-10-11-7-5-4-6-8-11/h4-8H,2-3,9H2,1H3. The Morgan fingerprint density at radius 1 is 1.31 bits per heavy atom. The van der Waals surface area contributed by atoms with Crippen molar-refractivity contribution in [3.8, 4) is 0 Å². The molecular formula is C11H14NO. The lowest BCUT2D eigenvalue weighted by Gasteiger charge is -1.94. The maximum Gasteiger partial charge on any atom is 0.139 e. The fraction of sp³-hybridized carbons (Fsp3) is 0.364. The fourth-order valence-electron chi connectivity index (χ4n) is 0.852. The van der Waals surface area contributed by atoms with Crippen molar-refractivity contribution in [3.05, 3.63) is 35.9 Å². The Hall–Kier alpha value is -1.31. The normalized spacial score (nSPS) is 10.5. The molecule has 0 aliphatic heterocycles. The van der Waals surface area contributed by atoms with Gasteiger partial charge in [-0.05, 0) is 6.42 Å². The van der Waals surface area contributed by atoms with Crippen LogP contribution in [-0.2, 0) is 4.84 Å². The predicted octanol–water partition coefficient (Wildman–Crippen LogP) is 2.71. The van der Waals surface area contributed by atoms with E-state index in [-0.39, 0.29) is 0 Å². The minimum absolute atomic E-state index is 0.677. The SMILES string of the molecule is CCCCO/N=[C]\c1ccccc1. The molecule has 0 N–H and O–H groups in total. The van der Waals surface area contributed by atoms with Crippen molar-refractivity contribution in [1.29, 1.82) is 0 Å². The molecule has 69 valence electrons. The smallest absolute Gasteiger partial charge is 0.139 e. The highest BCUT2D eigenvalue weighted by Gasteiger charge is 1.85. The van der Waals surface area contributed by atoms with Gasteiger partial charge in [-0.2, -0.15) is 0 Å². The first-order valence-corrected chi connectivity index (χ1v) is 4.56. The quantitative estimate of drug-likeness (QED) is 0.384. The van der Waals surface area contributed by atoms with Crippen molar-refractivity contribution >= 4 is 6.21 Å². The molecule has 1 aromatic rings. The first-order chi connectivity index (χ1) is 6.43. The largest absolute Gasteiger partial charge is 0.395 e. The van der Waals surface area contributed by atoms with Gasteiger partial charge in [0.25, 0.3) is 0 Å². The van der Waals surface area contributed by atoms with E-state index in [1.54, 1.807) is 0 Å². The van der Waals surface area contributed by atoms with Crippen LogP contribution in [0.3, 0.4) is 0 Å². The zero-order valence-corrected chi connectivity index (χ0v) is 7.86. The second-order valence-corrected chi connectivity index (χ2v) is 2.76. The lowest BCUT2D eigenvalue weighted by atomic mass is 10.2. The summed E-state index contributed by atoms with van der Waals surface area (Å²) in [4.78, 5) is 4.99. The van der Waals surface area contributed by atoms with Crippen LogP contribution < -0.4 is 0 Å². The van der Waals surface area contributed by atoms with Gasteiger partial charge < -0.3 is 4.84 Å². The number of rotatable bonds is 5. The van der Waals surface area contributed by atoms with E-state index < -0.39 is 0 Å². The van der Waals surface area contributed by atoms with Crippen molar-refractivity contribution in [2.75, 3.05) is 6.61 Å². The molecule has 0 bridgehead atoms. The summed E-state index contributed by atoms with van der Waals surface area (Å²) in [6.45, 7) is 2.80. The van der Waals surface area contributed by atoms with E-state index in [4.69, 9.17) is 4.84 Å². The molecule has 1 radical (unpaired) electrons. The fourth-order valence-corrected chi connectivity index (χ4v) is 0.852. The van der Waals surface area contributed by atoms with Gasteiger partial charge in [0.05, 0.1) is 0 Å². The third-order valence-electron chi connectivity index (χ3n) is 1.60. The van der Waals surface area contributed by atoms with E-state index in [1.165, 1.54) is 0 Å². The number of nitrogens with zero attached hydrogens (tertiary/aromatic N) is 1. The molecule has 2 nitrogen and oxygen atoms in total. The van der Waals surface area contributed by atoms with Crippen molar-refractivity contribution in [1.82, 2.24) is 0 Å². The zero-order valence-electron chi connectivity index (χ0n) is 7.86. The van der Waals surface area contributed by atoms with Crippen molar-refractivity contribution in [2.45, 2.75) is 19.8 Å². The summed E-state index contributed by atoms with van der Waals surface area (Å²) in [6.07, 6.45) is 4.97. The Morgan fingerprint density at radius 3 is 2.77 bits per heavy atom. The van der Waals surface area contributed by atoms with E-state index in [0.717, 1.165) is 18.4 Å². The van der Waals surface area contributed by atoms with Gasteiger partial charge in [0.15, 0.2) is 0 Å². The lowest BCUT2D eigenvalue weighted by Crippen LogP contribution is -1.87. The minimum Gasteiger partial charge on any atom is -0.395 e. The minimum atomic E-state index is 0.677. The summed E-state index contributed by atoms with van der Waals surface area (Å²) >= 11 is 0. The molecule has 0 aromatic heterocycles. The first-order valence-electron chi connectivity index (χ1n) is 4.56. The van der Waals surface area contributed by atoms with Crippen molar-refractivity contribution < 1.29 is 4.84 Å². The summed E-state index contributed by atoms with van der Waals surface area (Å²) in [6, 6.07) is 9.73. The highest BCUT2D eigenvalue weighted by molar-refractivity contribution is 5.78. The summed E-state index contributed by atoms with van der Waals surface area (Å²) in [5, 5.41) is 3.73. The molecule has 0 saturated carbocycles. The van der Waals surface area contributed by atoms with Crippen LogP contribution in [-0.4, -0.2) is 12.8 Å². The third kappa shape index (κ3) is 4.31. The van der Waals surface area contributed by atoms with Crippen molar-refractivity contribution in [3.63, 3.8) is 0 Å². The molecule has 13 heavy (non-hydrogen) atoms. The van der Waals surface area contributed by atoms with Crippen LogP contribution in [0.5, 0.6) is 0 Å². The number of benzene rings is 1. The van der Waals surface area contributed by atoms with Crippen LogP contribution >= 0.6 is 0 Å². The Bertz CT molecular complexity index is 244. The Balaban J connectivity index is 2.25. The molecule has 0 aliphatic rings. The van der Waals surface area contributed by atoms with Crippen LogP contribution in [0.15, 0.2) is 35.5 Å². The molecule has 0 fully saturated rings. The highest BCUT2D eigenvalue weighted by atomic mass is 16.6. The average molecular weight is 176 g/mol. The molecule has 0 spiro atoms. The number of hydrogen-bond donors (Lipinski definition) is 0. The van der Waals surface area contributed by atoms with Gasteiger partial charge in [0.1, 0.15) is 12.8 Å². The summed E-state index contributed by atoms with van der Waals surface area (Å²) in [7, 11) is 0. The van der Waals surface area contributed by atoms with Crippen LogP contribution in [0, 0.1) is 0 Å². The topological polar surface area (TPSA) is 21.6 Å². The van der Waals surface area contributed by atoms with Gasteiger partial charge in [0, 0.05) is 5.56 Å². The van der Waals surface area contributed by atoms with Gasteiger partial charge in [0.2, 0.25) is 0 Å². The molecule has 0 atom stereocenters. The monoisotopic (exact) mass is 176 g/mol. The molecule has 0 aliphatic carbocycles. The molecule has 2 heteroatoms. The average Bonchev–Trinajstić information content (AvgIpc) is 2.19. The van der Waals surface area contributed by atoms with Gasteiger partial charge in [-0.1, -0.05) is 48.8 Å². The van der Waals surface area contributed by atoms with Gasteiger partial charge >= 0.3 is 0 Å². The zero-order chi connectivity index (χ0) is 9.36. The van der Waals surface area contributed by atoms with Crippen LogP contribution in [0.4, 0.5) is 0 Å². The third-order valence-corrected chi connectivity index (χ3v) is 1.60. The molecule has 0 unspecified atom stereocenters. The van der Waals surface area contributed by atoms with E-state index in [9.17, 15) is 0 Å². The van der Waals surface area contributed by atoms with Crippen molar-refractivity contribution in [2.24, 2.45) is 5.16 Å². The van der Waals surface area contributed by atoms with E-state index in [2.05, 4.69) is 18.3 Å². The molecular weight excluding hydrogens is 162 g/mol. The second kappa shape index (κ2) is 6.23. The number of hydrogen-bond acceptors (Lipinski definition) is 2. The second-order valence-electron chi connectivity index (χ2n) is 2.76.